The van der Waals surface area contributed by atoms with Crippen molar-refractivity contribution < 1.29 is 69.2 Å². The van der Waals surface area contributed by atoms with E-state index in [-0.39, 0.29) is 46.9 Å². The molecule has 0 radical (unpaired) electrons. The van der Waals surface area contributed by atoms with Gasteiger partial charge < -0.3 is 39.6 Å². The van der Waals surface area contributed by atoms with Crippen molar-refractivity contribution in [3.63, 3.8) is 0 Å². The Labute approximate surface area is 137 Å². The van der Waals surface area contributed by atoms with Crippen molar-refractivity contribution in [3.8, 4) is 0 Å². The molecule has 0 aliphatic heterocycles. The molecule has 0 bridgehead atoms. The maximum atomic E-state index is 8.89. The largest absolute Gasteiger partial charge is 3.00 e. The van der Waals surface area contributed by atoms with E-state index >= 15 is 0 Å². The summed E-state index contributed by atoms with van der Waals surface area (Å²) >= 11 is 0. The summed E-state index contributed by atoms with van der Waals surface area (Å²) < 4.78 is 0. The van der Waals surface area contributed by atoms with Gasteiger partial charge in [-0.1, -0.05) is 0 Å². The molecule has 0 saturated carbocycles. The minimum absolute atomic E-state index is 0. The Kier molecular flexibility index (Phi) is 59.9. The van der Waals surface area contributed by atoms with E-state index in [1.165, 1.54) is 0 Å². The zero-order valence-corrected chi connectivity index (χ0v) is 14.0. The van der Waals surface area contributed by atoms with Gasteiger partial charge in [-0.3, -0.25) is 0 Å². The van der Waals surface area contributed by atoms with E-state index in [1.807, 2.05) is 0 Å². The van der Waals surface area contributed by atoms with Crippen molar-refractivity contribution in [2.75, 3.05) is 0 Å². The van der Waals surface area contributed by atoms with Crippen LogP contribution >= 0.6 is 0 Å². The quantitative estimate of drug-likeness (QED) is 0.396. The smallest absolute Gasteiger partial charge is 0.550 e. The van der Waals surface area contributed by atoms with Crippen LogP contribution < -0.4 is 50.0 Å². The van der Waals surface area contributed by atoms with Crippen molar-refractivity contribution in [1.82, 2.24) is 0 Å². The Morgan fingerprint density at radius 3 is 0.556 bits per heavy atom. The minimum Gasteiger partial charge on any atom is -0.550 e. The molecule has 0 spiro atoms. The summed E-state index contributed by atoms with van der Waals surface area (Å²) in [6, 6.07) is 0. The van der Waals surface area contributed by atoms with Crippen molar-refractivity contribution in [3.05, 3.63) is 0 Å². The fourth-order valence-electron chi connectivity index (χ4n) is 0. The van der Waals surface area contributed by atoms with Gasteiger partial charge >= 0.3 is 46.9 Å². The Morgan fingerprint density at radius 2 is 0.556 bits per heavy atom. The molecule has 0 unspecified atom stereocenters. The summed E-state index contributed by atoms with van der Waals surface area (Å²) in [5.41, 5.74) is 0. The number of aliphatic carboxylic acids is 4. The predicted octanol–water partition coefficient (Wildman–Crippen LogP) is -8.35. The summed E-state index contributed by atoms with van der Waals surface area (Å²) in [4.78, 5) is 35.6. The van der Waals surface area contributed by atoms with Crippen LogP contribution in [0.5, 0.6) is 0 Å². The predicted molar refractivity (Wildman–Crippen MR) is 48.5 cm³/mol. The standard InChI is InChI=1S/4C2H4O2.Al.Na/c4*1-2(3)4;;/h4*1H3,(H,3,4);;/q;;;;+3;+1/p-4. The van der Waals surface area contributed by atoms with Crippen LogP contribution in [0.15, 0.2) is 0 Å². The molecular weight excluding hydrogens is 274 g/mol. The molecular formula is C8H12AlNaO8. The van der Waals surface area contributed by atoms with E-state index in [1.54, 1.807) is 0 Å². The summed E-state index contributed by atoms with van der Waals surface area (Å²) in [6.45, 7) is 3.89. The molecule has 8 nitrogen and oxygen atoms in total. The molecule has 0 amide bonds. The SMILES string of the molecule is CC(=O)[O-].CC(=O)[O-].CC(=O)[O-].CC(=O)[O-].[Al+3].[Na+]. The summed E-state index contributed by atoms with van der Waals surface area (Å²) in [5, 5.41) is 35.6. The Bertz CT molecular complexity index is 167. The van der Waals surface area contributed by atoms with Gasteiger partial charge in [0, 0.05) is 23.9 Å². The molecule has 0 aromatic heterocycles. The first-order valence-electron chi connectivity index (χ1n) is 3.63. The molecule has 96 valence electrons. The first kappa shape index (κ1) is 36.0. The molecule has 10 heteroatoms. The molecule has 0 rings (SSSR count). The molecule has 18 heavy (non-hydrogen) atoms. The maximum Gasteiger partial charge on any atom is 3.00 e. The maximum absolute atomic E-state index is 8.89. The zero-order valence-electron chi connectivity index (χ0n) is 10.8. The van der Waals surface area contributed by atoms with Crippen LogP contribution in [-0.2, 0) is 19.2 Å². The van der Waals surface area contributed by atoms with Crippen LogP contribution in [0.3, 0.4) is 0 Å². The molecule has 0 aromatic rings. The third-order valence-electron chi connectivity index (χ3n) is 0. The number of carboxylic acid groups (broad SMARTS) is 4. The van der Waals surface area contributed by atoms with Gasteiger partial charge in [-0.2, -0.15) is 0 Å². The van der Waals surface area contributed by atoms with Crippen molar-refractivity contribution >= 4 is 41.2 Å². The van der Waals surface area contributed by atoms with Gasteiger partial charge in [-0.25, -0.2) is 0 Å². The van der Waals surface area contributed by atoms with Crippen molar-refractivity contribution in [1.29, 1.82) is 0 Å². The van der Waals surface area contributed by atoms with Crippen LogP contribution in [0.4, 0.5) is 0 Å². The third kappa shape index (κ3) is 9270. The number of hydrogen-bond acceptors (Lipinski definition) is 8. The molecule has 0 N–H and O–H groups in total. The Balaban J connectivity index is -0.0000000257. The summed E-state index contributed by atoms with van der Waals surface area (Å²) in [7, 11) is 0. The molecule has 0 aliphatic rings. The van der Waals surface area contributed by atoms with Gasteiger partial charge in [-0.15, -0.1) is 0 Å². The normalized spacial score (nSPS) is 5.56. The fraction of sp³-hybridized carbons (Fsp3) is 0.500. The van der Waals surface area contributed by atoms with E-state index < -0.39 is 23.9 Å². The first-order chi connectivity index (χ1) is 6.93. The van der Waals surface area contributed by atoms with Crippen molar-refractivity contribution in [2.24, 2.45) is 0 Å². The third-order valence-corrected chi connectivity index (χ3v) is 0. The average Bonchev–Trinajstić information content (AvgIpc) is 1.76. The van der Waals surface area contributed by atoms with Gasteiger partial charge in [0.15, 0.2) is 0 Å². The van der Waals surface area contributed by atoms with E-state index in [4.69, 9.17) is 39.6 Å². The van der Waals surface area contributed by atoms with E-state index in [9.17, 15) is 0 Å². The van der Waals surface area contributed by atoms with Crippen LogP contribution in [0.1, 0.15) is 27.7 Å². The van der Waals surface area contributed by atoms with Crippen LogP contribution in [0, 0.1) is 0 Å². The second-order valence-electron chi connectivity index (χ2n) is 1.97. The number of carboxylic acids is 4. The molecule has 0 aliphatic carbocycles. The minimum atomic E-state index is -1.08. The number of carbonyl (C=O) groups excluding carboxylic acids is 4. The first-order valence-corrected chi connectivity index (χ1v) is 3.63. The summed E-state index contributed by atoms with van der Waals surface area (Å²) in [6.07, 6.45) is 0. The van der Waals surface area contributed by atoms with E-state index in [2.05, 4.69) is 0 Å². The van der Waals surface area contributed by atoms with Gasteiger partial charge in [0.25, 0.3) is 0 Å². The number of rotatable bonds is 0. The molecule has 0 atom stereocenters. The molecule has 0 heterocycles. The van der Waals surface area contributed by atoms with Crippen LogP contribution in [0.2, 0.25) is 0 Å². The Hall–Kier alpha value is -0.588. The second kappa shape index (κ2) is 29.9. The van der Waals surface area contributed by atoms with Crippen LogP contribution in [-0.4, -0.2) is 41.2 Å². The molecule has 0 aromatic carbocycles. The average molecular weight is 286 g/mol. The molecule has 0 fully saturated rings. The topological polar surface area (TPSA) is 161 Å². The van der Waals surface area contributed by atoms with E-state index in [0.717, 1.165) is 27.7 Å². The summed E-state index contributed by atoms with van der Waals surface area (Å²) in [5.74, 6) is -4.33. The van der Waals surface area contributed by atoms with Gasteiger partial charge in [0.1, 0.15) is 0 Å². The second-order valence-corrected chi connectivity index (χ2v) is 1.97. The number of hydrogen-bond donors (Lipinski definition) is 0. The Morgan fingerprint density at radius 1 is 0.556 bits per heavy atom. The fourth-order valence-corrected chi connectivity index (χ4v) is 0. The van der Waals surface area contributed by atoms with Crippen molar-refractivity contribution in [2.45, 2.75) is 27.7 Å². The van der Waals surface area contributed by atoms with Gasteiger partial charge in [-0.05, 0) is 27.7 Å². The number of carbonyl (C=O) groups is 4. The zero-order chi connectivity index (χ0) is 14.3. The van der Waals surface area contributed by atoms with Gasteiger partial charge in [0.2, 0.25) is 0 Å². The van der Waals surface area contributed by atoms with Gasteiger partial charge in [0.05, 0.1) is 0 Å². The van der Waals surface area contributed by atoms with E-state index in [0.29, 0.717) is 0 Å². The molecule has 0 saturated heterocycles. The monoisotopic (exact) mass is 286 g/mol. The van der Waals surface area contributed by atoms with Crippen LogP contribution in [0.25, 0.3) is 0 Å².